The lowest BCUT2D eigenvalue weighted by Crippen LogP contribution is -2.33. The number of hydrogen-bond donors (Lipinski definition) is 2. The van der Waals surface area contributed by atoms with Crippen LogP contribution in [0.3, 0.4) is 0 Å². The van der Waals surface area contributed by atoms with Gasteiger partial charge in [-0.15, -0.1) is 0 Å². The highest BCUT2D eigenvalue weighted by Gasteiger charge is 2.29. The molecule has 1 heterocycles. The molecule has 16 heavy (non-hydrogen) atoms. The number of hydrogen-bond acceptors (Lipinski definition) is 2. The molecule has 7 heteroatoms. The number of nitrogens with zero attached hydrogens (tertiary/aromatic N) is 1. The summed E-state index contributed by atoms with van der Waals surface area (Å²) in [6.45, 7) is -1.34. The molecule has 2 N–H and O–H groups in total. The minimum Gasteiger partial charge on any atom is -0.342 e. The molecule has 1 aromatic rings. The van der Waals surface area contributed by atoms with E-state index >= 15 is 0 Å². The Bertz CT molecular complexity index is 395. The lowest BCUT2D eigenvalue weighted by Gasteiger charge is -2.06. The molecule has 0 radical (unpaired) electrons. The summed E-state index contributed by atoms with van der Waals surface area (Å²) in [7, 11) is 0. The number of H-pyrrole nitrogens is 1. The Morgan fingerprint density at radius 2 is 2.25 bits per heavy atom. The highest BCUT2D eigenvalue weighted by molar-refractivity contribution is 5.92. The van der Waals surface area contributed by atoms with Crippen LogP contribution in [0.5, 0.6) is 0 Å². The highest BCUT2D eigenvalue weighted by Crippen LogP contribution is 2.38. The molecule has 1 aliphatic carbocycles. The third-order valence-corrected chi connectivity index (χ3v) is 2.30. The Kier molecular flexibility index (Phi) is 2.61. The second-order valence-corrected chi connectivity index (χ2v) is 3.78. The van der Waals surface area contributed by atoms with Crippen molar-refractivity contribution in [3.8, 4) is 0 Å². The minimum absolute atomic E-state index is 0.00569. The average molecular weight is 233 g/mol. The van der Waals surface area contributed by atoms with E-state index in [9.17, 15) is 18.0 Å². The molecule has 0 aliphatic heterocycles. The summed E-state index contributed by atoms with van der Waals surface area (Å²) < 4.78 is 35.5. The zero-order valence-corrected chi connectivity index (χ0v) is 8.27. The number of amides is 1. The van der Waals surface area contributed by atoms with Crippen LogP contribution in [0.1, 0.15) is 34.9 Å². The van der Waals surface area contributed by atoms with Crippen LogP contribution < -0.4 is 5.32 Å². The first-order chi connectivity index (χ1) is 7.46. The van der Waals surface area contributed by atoms with Gasteiger partial charge < -0.3 is 5.32 Å². The lowest BCUT2D eigenvalue weighted by molar-refractivity contribution is -0.123. The number of nitrogens with one attached hydrogen (secondary N) is 2. The van der Waals surface area contributed by atoms with Crippen LogP contribution >= 0.6 is 0 Å². The van der Waals surface area contributed by atoms with Crippen molar-refractivity contribution < 1.29 is 18.0 Å². The van der Waals surface area contributed by atoms with Crippen molar-refractivity contribution in [3.05, 3.63) is 17.5 Å². The van der Waals surface area contributed by atoms with Gasteiger partial charge in [0, 0.05) is 11.6 Å². The Labute approximate surface area is 89.2 Å². The molecule has 0 aromatic carbocycles. The van der Waals surface area contributed by atoms with Crippen molar-refractivity contribution in [2.45, 2.75) is 24.9 Å². The van der Waals surface area contributed by atoms with Gasteiger partial charge >= 0.3 is 6.18 Å². The molecule has 0 unspecified atom stereocenters. The summed E-state index contributed by atoms with van der Waals surface area (Å²) in [5, 5.41) is 8.09. The highest BCUT2D eigenvalue weighted by atomic mass is 19.4. The molecule has 1 amide bonds. The molecule has 1 saturated carbocycles. The molecule has 88 valence electrons. The molecule has 4 nitrogen and oxygen atoms in total. The maximum atomic E-state index is 11.8. The van der Waals surface area contributed by atoms with Gasteiger partial charge in [-0.1, -0.05) is 0 Å². The normalized spacial score (nSPS) is 16.2. The second-order valence-electron chi connectivity index (χ2n) is 3.78. The van der Waals surface area contributed by atoms with E-state index in [1.165, 1.54) is 6.07 Å². The molecule has 1 aromatic heterocycles. The summed E-state index contributed by atoms with van der Waals surface area (Å²) in [5.74, 6) is -0.419. The zero-order valence-electron chi connectivity index (χ0n) is 8.27. The standard InChI is InChI=1S/C9H10F3N3O/c10-9(11,12)4-13-8(16)7-3-6(14-15-7)5-1-2-5/h3,5H,1-2,4H2,(H,13,16)(H,14,15). The van der Waals surface area contributed by atoms with Gasteiger partial charge in [-0.2, -0.15) is 18.3 Å². The Balaban J connectivity index is 1.92. The van der Waals surface area contributed by atoms with E-state index in [1.54, 1.807) is 5.32 Å². The quantitative estimate of drug-likeness (QED) is 0.832. The van der Waals surface area contributed by atoms with Gasteiger partial charge in [0.1, 0.15) is 12.2 Å². The van der Waals surface area contributed by atoms with Crippen LogP contribution in [-0.2, 0) is 0 Å². The molecular formula is C9H10F3N3O. The van der Waals surface area contributed by atoms with E-state index in [-0.39, 0.29) is 5.69 Å². The Morgan fingerprint density at radius 1 is 1.56 bits per heavy atom. The molecule has 2 rings (SSSR count). The third kappa shape index (κ3) is 2.74. The lowest BCUT2D eigenvalue weighted by atomic mass is 10.2. The van der Waals surface area contributed by atoms with Crippen molar-refractivity contribution in [3.63, 3.8) is 0 Å². The van der Waals surface area contributed by atoms with Crippen LogP contribution in [0.2, 0.25) is 0 Å². The molecule has 0 atom stereocenters. The third-order valence-electron chi connectivity index (χ3n) is 2.30. The van der Waals surface area contributed by atoms with Gasteiger partial charge in [-0.05, 0) is 18.9 Å². The van der Waals surface area contributed by atoms with Gasteiger partial charge in [0.25, 0.3) is 5.91 Å². The first-order valence-corrected chi connectivity index (χ1v) is 4.86. The van der Waals surface area contributed by atoms with Crippen molar-refractivity contribution in [2.75, 3.05) is 6.54 Å². The summed E-state index contributed by atoms with van der Waals surface area (Å²) in [6, 6.07) is 1.50. The molecular weight excluding hydrogens is 223 g/mol. The first kappa shape index (κ1) is 11.0. The van der Waals surface area contributed by atoms with Crippen molar-refractivity contribution in [2.24, 2.45) is 0 Å². The van der Waals surface area contributed by atoms with Gasteiger partial charge in [0.2, 0.25) is 0 Å². The summed E-state index contributed by atoms with van der Waals surface area (Å²) in [5.41, 5.74) is 0.823. The number of aromatic nitrogens is 2. The predicted molar refractivity (Wildman–Crippen MR) is 49.0 cm³/mol. The smallest absolute Gasteiger partial charge is 0.342 e. The van der Waals surface area contributed by atoms with Gasteiger partial charge in [0.05, 0.1) is 0 Å². The van der Waals surface area contributed by atoms with Crippen LogP contribution in [0, 0.1) is 0 Å². The maximum Gasteiger partial charge on any atom is 0.405 e. The van der Waals surface area contributed by atoms with Crippen LogP contribution in [-0.4, -0.2) is 28.8 Å². The molecule has 1 aliphatic rings. The summed E-state index contributed by atoms with van der Waals surface area (Å²) >= 11 is 0. The van der Waals surface area contributed by atoms with Crippen molar-refractivity contribution >= 4 is 5.91 Å². The average Bonchev–Trinajstić information content (AvgIpc) is 2.92. The number of carbonyl (C=O) groups excluding carboxylic acids is 1. The van der Waals surface area contributed by atoms with Gasteiger partial charge in [0.15, 0.2) is 0 Å². The van der Waals surface area contributed by atoms with Crippen molar-refractivity contribution in [1.82, 2.24) is 15.5 Å². The largest absolute Gasteiger partial charge is 0.405 e. The van der Waals surface area contributed by atoms with Gasteiger partial charge in [-0.3, -0.25) is 9.89 Å². The molecule has 0 spiro atoms. The second kappa shape index (κ2) is 3.80. The SMILES string of the molecule is O=C(NCC(F)(F)F)c1cc(C2CC2)[nH]n1. The van der Waals surface area contributed by atoms with Gasteiger partial charge in [-0.25, -0.2) is 0 Å². The minimum atomic E-state index is -4.40. The summed E-state index contributed by atoms with van der Waals surface area (Å²) in [6.07, 6.45) is -2.33. The van der Waals surface area contributed by atoms with E-state index in [0.29, 0.717) is 5.92 Å². The molecule has 1 fully saturated rings. The van der Waals surface area contributed by atoms with Crippen LogP contribution in [0.4, 0.5) is 13.2 Å². The zero-order chi connectivity index (χ0) is 11.8. The fourth-order valence-corrected chi connectivity index (χ4v) is 1.33. The van der Waals surface area contributed by atoms with E-state index in [0.717, 1.165) is 18.5 Å². The van der Waals surface area contributed by atoms with Crippen molar-refractivity contribution in [1.29, 1.82) is 0 Å². The van der Waals surface area contributed by atoms with E-state index in [1.807, 2.05) is 0 Å². The van der Waals surface area contributed by atoms with Crippen LogP contribution in [0.15, 0.2) is 6.07 Å². The first-order valence-electron chi connectivity index (χ1n) is 4.86. The Morgan fingerprint density at radius 3 is 2.81 bits per heavy atom. The van der Waals surface area contributed by atoms with Crippen LogP contribution in [0.25, 0.3) is 0 Å². The number of rotatable bonds is 3. The number of aromatic amines is 1. The Hall–Kier alpha value is -1.53. The number of halogens is 3. The fourth-order valence-electron chi connectivity index (χ4n) is 1.33. The predicted octanol–water partition coefficient (Wildman–Crippen LogP) is 1.58. The number of carbonyl (C=O) groups is 1. The fraction of sp³-hybridized carbons (Fsp3) is 0.556. The topological polar surface area (TPSA) is 57.8 Å². The summed E-state index contributed by atoms with van der Waals surface area (Å²) in [4.78, 5) is 11.3. The molecule has 0 saturated heterocycles. The monoisotopic (exact) mass is 233 g/mol. The van der Waals surface area contributed by atoms with E-state index in [2.05, 4.69) is 10.2 Å². The molecule has 0 bridgehead atoms. The number of alkyl halides is 3. The van der Waals surface area contributed by atoms with E-state index < -0.39 is 18.6 Å². The maximum absolute atomic E-state index is 11.8. The van der Waals surface area contributed by atoms with E-state index in [4.69, 9.17) is 0 Å².